The highest BCUT2D eigenvalue weighted by Gasteiger charge is 2.69. The monoisotopic (exact) mass is 557 g/mol. The molecular weight excluding hydrogens is 542 g/mol. The molecule has 1 aliphatic heterocycles. The van der Waals surface area contributed by atoms with Gasteiger partial charge >= 0.3 is 6.18 Å². The summed E-state index contributed by atoms with van der Waals surface area (Å²) in [6.45, 7) is 1.19. The predicted molar refractivity (Wildman–Crippen MR) is 125 cm³/mol. The van der Waals surface area contributed by atoms with E-state index in [1.54, 1.807) is 0 Å². The normalized spacial score (nSPS) is 17.3. The molecule has 0 aliphatic carbocycles. The third-order valence-electron chi connectivity index (χ3n) is 5.34. The minimum absolute atomic E-state index is 0.0198. The van der Waals surface area contributed by atoms with E-state index in [4.69, 9.17) is 12.2 Å². The Balaban J connectivity index is 1.92. The van der Waals surface area contributed by atoms with Crippen molar-refractivity contribution in [2.45, 2.75) is 23.5 Å². The first-order valence-electron chi connectivity index (χ1n) is 10.1. The van der Waals surface area contributed by atoms with Crippen LogP contribution < -0.4 is 20.9 Å². The fourth-order valence-electron chi connectivity index (χ4n) is 3.76. The molecule has 0 bridgehead atoms. The summed E-state index contributed by atoms with van der Waals surface area (Å²) < 4.78 is 85.0. The van der Waals surface area contributed by atoms with Gasteiger partial charge in [0, 0.05) is 18.3 Å². The number of H-pyrrole nitrogens is 1. The Kier molecular flexibility index (Phi) is 6.29. The van der Waals surface area contributed by atoms with Crippen LogP contribution in [0.1, 0.15) is 12.5 Å². The van der Waals surface area contributed by atoms with Gasteiger partial charge in [0.05, 0.1) is 10.5 Å². The van der Waals surface area contributed by atoms with Crippen LogP contribution in [0.3, 0.4) is 0 Å². The Labute approximate surface area is 210 Å². The Morgan fingerprint density at radius 2 is 1.65 bits per heavy atom. The minimum atomic E-state index is -5.65. The SMILES string of the molecule is CC(=O)Nc1ccc(S(=O)(=O)NC2(C(F)(F)F)C(=O)Nc3c2c(=O)[nH]c(=S)n3-c2ccc(F)cc2)cc1. The van der Waals surface area contributed by atoms with Crippen molar-refractivity contribution in [2.75, 3.05) is 10.6 Å². The third-order valence-corrected chi connectivity index (χ3v) is 7.09. The molecule has 4 rings (SSSR count). The highest BCUT2D eigenvalue weighted by molar-refractivity contribution is 7.89. The maximum atomic E-state index is 14.6. The number of hydrogen-bond donors (Lipinski definition) is 4. The fraction of sp³-hybridized carbons (Fsp3) is 0.143. The van der Waals surface area contributed by atoms with Gasteiger partial charge in [-0.2, -0.15) is 17.9 Å². The highest BCUT2D eigenvalue weighted by atomic mass is 32.2. The van der Waals surface area contributed by atoms with Crippen molar-refractivity contribution in [3.63, 3.8) is 0 Å². The summed E-state index contributed by atoms with van der Waals surface area (Å²) in [5.74, 6) is -3.80. The number of carbonyl (C=O) groups excluding carboxylic acids is 2. The van der Waals surface area contributed by atoms with E-state index in [1.165, 1.54) is 11.6 Å². The van der Waals surface area contributed by atoms with Crippen molar-refractivity contribution >= 4 is 45.6 Å². The largest absolute Gasteiger partial charge is 0.421 e. The number of aromatic nitrogens is 2. The summed E-state index contributed by atoms with van der Waals surface area (Å²) in [6, 6.07) is 8.25. The number of nitrogens with zero attached hydrogens (tertiary/aromatic N) is 1. The number of nitrogens with one attached hydrogen (secondary N) is 4. The van der Waals surface area contributed by atoms with E-state index in [0.717, 1.165) is 53.1 Å². The number of benzene rings is 2. The van der Waals surface area contributed by atoms with E-state index in [9.17, 15) is 40.4 Å². The minimum Gasteiger partial charge on any atom is -0.326 e. The predicted octanol–water partition coefficient (Wildman–Crippen LogP) is 2.68. The van der Waals surface area contributed by atoms with Crippen LogP contribution in [-0.2, 0) is 25.2 Å². The molecule has 1 aliphatic rings. The smallest absolute Gasteiger partial charge is 0.326 e. The molecule has 0 radical (unpaired) electrons. The second-order valence-electron chi connectivity index (χ2n) is 7.81. The summed E-state index contributed by atoms with van der Waals surface area (Å²) >= 11 is 5.04. The Morgan fingerprint density at radius 1 is 1.05 bits per heavy atom. The molecular formula is C21H15F4N5O5S2. The van der Waals surface area contributed by atoms with Crippen LogP contribution in [0, 0.1) is 10.6 Å². The Bertz CT molecular complexity index is 1650. The number of fused-ring (bicyclic) bond motifs is 1. The van der Waals surface area contributed by atoms with Gasteiger partial charge in [-0.05, 0) is 60.7 Å². The molecule has 37 heavy (non-hydrogen) atoms. The van der Waals surface area contributed by atoms with Gasteiger partial charge in [0.2, 0.25) is 21.5 Å². The van der Waals surface area contributed by atoms with Gasteiger partial charge in [0.25, 0.3) is 11.5 Å². The number of amides is 2. The van der Waals surface area contributed by atoms with Gasteiger partial charge in [0.1, 0.15) is 11.6 Å². The third kappa shape index (κ3) is 4.42. The topological polar surface area (TPSA) is 142 Å². The highest BCUT2D eigenvalue weighted by Crippen LogP contribution is 2.46. The van der Waals surface area contributed by atoms with Gasteiger partial charge in [-0.3, -0.25) is 23.9 Å². The zero-order valence-corrected chi connectivity index (χ0v) is 20.1. The molecule has 2 aromatic carbocycles. The first-order chi connectivity index (χ1) is 17.2. The van der Waals surface area contributed by atoms with E-state index >= 15 is 0 Å². The van der Waals surface area contributed by atoms with Crippen LogP contribution in [0.15, 0.2) is 58.2 Å². The number of anilines is 2. The van der Waals surface area contributed by atoms with Gasteiger partial charge in [-0.25, -0.2) is 12.8 Å². The van der Waals surface area contributed by atoms with Gasteiger partial charge < -0.3 is 10.6 Å². The molecule has 3 aromatic rings. The van der Waals surface area contributed by atoms with Crippen LogP contribution in [0.2, 0.25) is 0 Å². The molecule has 4 N–H and O–H groups in total. The number of carbonyl (C=O) groups is 2. The fourth-order valence-corrected chi connectivity index (χ4v) is 5.38. The van der Waals surface area contributed by atoms with Crippen molar-refractivity contribution in [2.24, 2.45) is 0 Å². The molecule has 2 heterocycles. The quantitative estimate of drug-likeness (QED) is 0.281. The Hall–Kier alpha value is -3.89. The molecule has 2 amide bonds. The lowest BCUT2D eigenvalue weighted by atomic mass is 9.93. The second-order valence-corrected chi connectivity index (χ2v) is 9.88. The number of halogens is 4. The molecule has 1 atom stereocenters. The van der Waals surface area contributed by atoms with Crippen molar-refractivity contribution in [1.29, 1.82) is 0 Å². The molecule has 0 saturated carbocycles. The molecule has 0 fully saturated rings. The molecule has 0 spiro atoms. The van der Waals surface area contributed by atoms with E-state index in [0.29, 0.717) is 0 Å². The lowest BCUT2D eigenvalue weighted by Crippen LogP contribution is -2.61. The number of rotatable bonds is 5. The number of sulfonamides is 1. The van der Waals surface area contributed by atoms with E-state index in [2.05, 4.69) is 5.32 Å². The molecule has 0 saturated heterocycles. The standard InChI is InChI=1S/C21H15F4N5O5S2/c1-10(31)26-12-4-8-14(9-5-12)37(34,35)29-20(21(23,24)25)15-16(27-18(20)33)30(19(36)28-17(15)32)13-6-2-11(22)3-7-13/h2-9,29H,1H3,(H,26,31)(H,27,33)(H,28,32,36). The number of hydrogen-bond acceptors (Lipinski definition) is 6. The van der Waals surface area contributed by atoms with Crippen molar-refractivity contribution in [3.05, 3.63) is 75.0 Å². The van der Waals surface area contributed by atoms with Crippen molar-refractivity contribution in [1.82, 2.24) is 14.3 Å². The second kappa shape index (κ2) is 8.89. The number of aromatic amines is 1. The van der Waals surface area contributed by atoms with Crippen molar-refractivity contribution < 1.29 is 35.6 Å². The van der Waals surface area contributed by atoms with E-state index < -0.39 is 66.0 Å². The summed E-state index contributed by atoms with van der Waals surface area (Å²) in [5, 5.41) is 4.28. The lowest BCUT2D eigenvalue weighted by molar-refractivity contribution is -0.194. The summed E-state index contributed by atoms with van der Waals surface area (Å²) in [7, 11) is -5.10. The maximum absolute atomic E-state index is 14.6. The van der Waals surface area contributed by atoms with Gasteiger partial charge in [0.15, 0.2) is 4.77 Å². The zero-order chi connectivity index (χ0) is 27.3. The first-order valence-corrected chi connectivity index (χ1v) is 12.0. The van der Waals surface area contributed by atoms with E-state index in [1.807, 2.05) is 10.3 Å². The summed E-state index contributed by atoms with van der Waals surface area (Å²) in [6.07, 6.45) is -5.65. The van der Waals surface area contributed by atoms with Gasteiger partial charge in [-0.1, -0.05) is 0 Å². The lowest BCUT2D eigenvalue weighted by Gasteiger charge is -2.29. The Morgan fingerprint density at radius 3 is 2.19 bits per heavy atom. The molecule has 194 valence electrons. The molecule has 1 aromatic heterocycles. The zero-order valence-electron chi connectivity index (χ0n) is 18.4. The van der Waals surface area contributed by atoms with Crippen LogP contribution in [0.25, 0.3) is 5.69 Å². The van der Waals surface area contributed by atoms with Gasteiger partial charge in [-0.15, -0.1) is 0 Å². The summed E-state index contributed by atoms with van der Waals surface area (Å²) in [4.78, 5) is 38.2. The van der Waals surface area contributed by atoms with E-state index in [-0.39, 0.29) is 11.4 Å². The van der Waals surface area contributed by atoms with Crippen LogP contribution >= 0.6 is 12.2 Å². The van der Waals surface area contributed by atoms with Crippen molar-refractivity contribution in [3.8, 4) is 5.69 Å². The van der Waals surface area contributed by atoms with Crippen LogP contribution in [0.4, 0.5) is 29.1 Å². The molecule has 16 heteroatoms. The van der Waals surface area contributed by atoms with Crippen LogP contribution in [-0.4, -0.2) is 36.0 Å². The van der Waals surface area contributed by atoms with Crippen LogP contribution in [0.5, 0.6) is 0 Å². The molecule has 10 nitrogen and oxygen atoms in total. The average Bonchev–Trinajstić information content (AvgIpc) is 3.07. The average molecular weight is 558 g/mol. The molecule has 1 unspecified atom stereocenters. The summed E-state index contributed by atoms with van der Waals surface area (Å²) in [5.41, 5.74) is -6.68. The number of alkyl halides is 3. The maximum Gasteiger partial charge on any atom is 0.421 e. The first kappa shape index (κ1) is 26.2.